The molecule has 1 amide bonds. The highest BCUT2D eigenvalue weighted by Gasteiger charge is 2.23. The SMILES string of the molecule is CCCCOC(=O)Nc1c(-c2nc(C)c(OC3CCCCC3)cc2F)nnn1C. The number of anilines is 1. The van der Waals surface area contributed by atoms with Crippen LogP contribution in [0.15, 0.2) is 6.07 Å². The van der Waals surface area contributed by atoms with Gasteiger partial charge in [-0.25, -0.2) is 18.9 Å². The number of ether oxygens (including phenoxy) is 2. The van der Waals surface area contributed by atoms with E-state index in [1.54, 1.807) is 14.0 Å². The minimum Gasteiger partial charge on any atom is -0.488 e. The van der Waals surface area contributed by atoms with Crippen LogP contribution in [0.5, 0.6) is 5.75 Å². The molecule has 0 saturated heterocycles. The summed E-state index contributed by atoms with van der Waals surface area (Å²) in [6, 6.07) is 1.34. The molecule has 0 atom stereocenters. The molecule has 0 aliphatic heterocycles. The predicted molar refractivity (Wildman–Crippen MR) is 106 cm³/mol. The lowest BCUT2D eigenvalue weighted by Gasteiger charge is -2.23. The number of carbonyl (C=O) groups is 1. The van der Waals surface area contributed by atoms with Crippen molar-refractivity contribution in [2.24, 2.45) is 7.05 Å². The largest absolute Gasteiger partial charge is 0.488 e. The second-order valence-electron chi connectivity index (χ2n) is 7.30. The summed E-state index contributed by atoms with van der Waals surface area (Å²) in [5.41, 5.74) is 0.717. The van der Waals surface area contributed by atoms with Crippen LogP contribution >= 0.6 is 0 Å². The highest BCUT2D eigenvalue weighted by Crippen LogP contribution is 2.31. The molecule has 9 heteroatoms. The summed E-state index contributed by atoms with van der Waals surface area (Å²) in [5, 5.41) is 10.5. The molecule has 0 radical (unpaired) electrons. The van der Waals surface area contributed by atoms with Crippen molar-refractivity contribution in [3.8, 4) is 17.1 Å². The van der Waals surface area contributed by atoms with Crippen LogP contribution in [0.25, 0.3) is 11.4 Å². The van der Waals surface area contributed by atoms with Crippen molar-refractivity contribution < 1.29 is 18.7 Å². The van der Waals surface area contributed by atoms with E-state index in [1.807, 2.05) is 6.92 Å². The molecule has 1 fully saturated rings. The third kappa shape index (κ3) is 5.21. The fourth-order valence-corrected chi connectivity index (χ4v) is 3.31. The van der Waals surface area contributed by atoms with Crippen LogP contribution in [0.4, 0.5) is 15.0 Å². The molecule has 2 heterocycles. The van der Waals surface area contributed by atoms with Crippen LogP contribution in [0, 0.1) is 12.7 Å². The van der Waals surface area contributed by atoms with Gasteiger partial charge in [-0.2, -0.15) is 0 Å². The first-order chi connectivity index (χ1) is 14.0. The van der Waals surface area contributed by atoms with E-state index in [9.17, 15) is 9.18 Å². The summed E-state index contributed by atoms with van der Waals surface area (Å²) in [5.74, 6) is 0.0816. The van der Waals surface area contributed by atoms with Crippen molar-refractivity contribution >= 4 is 11.9 Å². The first-order valence-corrected chi connectivity index (χ1v) is 10.2. The number of aromatic nitrogens is 4. The molecule has 0 unspecified atom stereocenters. The Hall–Kier alpha value is -2.71. The number of halogens is 1. The Bertz CT molecular complexity index is 849. The number of unbranched alkanes of at least 4 members (excludes halogenated alkanes) is 1. The average Bonchev–Trinajstić information content (AvgIpc) is 3.05. The number of aryl methyl sites for hydroxylation is 2. The van der Waals surface area contributed by atoms with E-state index in [0.29, 0.717) is 18.1 Å². The quantitative estimate of drug-likeness (QED) is 0.687. The van der Waals surface area contributed by atoms with Crippen LogP contribution in [0.2, 0.25) is 0 Å². The van der Waals surface area contributed by atoms with Gasteiger partial charge in [-0.05, 0) is 39.0 Å². The van der Waals surface area contributed by atoms with Crippen LogP contribution in [-0.2, 0) is 11.8 Å². The molecule has 1 aliphatic rings. The number of amides is 1. The number of nitrogens with zero attached hydrogens (tertiary/aromatic N) is 4. The van der Waals surface area contributed by atoms with Crippen LogP contribution < -0.4 is 10.1 Å². The van der Waals surface area contributed by atoms with Crippen LogP contribution in [0.3, 0.4) is 0 Å². The molecular formula is C20H28FN5O3. The molecule has 29 heavy (non-hydrogen) atoms. The van der Waals surface area contributed by atoms with E-state index in [4.69, 9.17) is 9.47 Å². The van der Waals surface area contributed by atoms with Crippen molar-refractivity contribution in [1.29, 1.82) is 0 Å². The maximum atomic E-state index is 14.9. The molecule has 2 aromatic heterocycles. The summed E-state index contributed by atoms with van der Waals surface area (Å²) in [4.78, 5) is 16.4. The number of rotatable bonds is 7. The van der Waals surface area contributed by atoms with Gasteiger partial charge in [0.05, 0.1) is 18.4 Å². The lowest BCUT2D eigenvalue weighted by Crippen LogP contribution is -2.20. The van der Waals surface area contributed by atoms with Gasteiger partial charge in [0.25, 0.3) is 0 Å². The third-order valence-corrected chi connectivity index (χ3v) is 4.97. The van der Waals surface area contributed by atoms with Gasteiger partial charge in [0.15, 0.2) is 17.3 Å². The standard InChI is InChI=1S/C20H28FN5O3/c1-4-5-11-28-20(27)23-19-18(24-25-26(19)3)17-15(21)12-16(13(2)22-17)29-14-9-7-6-8-10-14/h12,14H,4-11H2,1-3H3,(H,23,27). The monoisotopic (exact) mass is 405 g/mol. The Morgan fingerprint density at radius 3 is 2.79 bits per heavy atom. The minimum atomic E-state index is -0.639. The van der Waals surface area contributed by atoms with E-state index >= 15 is 0 Å². The molecule has 8 nitrogen and oxygen atoms in total. The zero-order chi connectivity index (χ0) is 20.8. The summed E-state index contributed by atoms with van der Waals surface area (Å²) < 4.78 is 27.3. The zero-order valence-corrected chi connectivity index (χ0v) is 17.2. The molecule has 0 spiro atoms. The first kappa shape index (κ1) is 21.0. The maximum absolute atomic E-state index is 14.9. The number of hydrogen-bond donors (Lipinski definition) is 1. The zero-order valence-electron chi connectivity index (χ0n) is 17.2. The van der Waals surface area contributed by atoms with E-state index in [1.165, 1.54) is 17.2 Å². The van der Waals surface area contributed by atoms with Gasteiger partial charge < -0.3 is 9.47 Å². The fourth-order valence-electron chi connectivity index (χ4n) is 3.31. The molecule has 2 aromatic rings. The topological polar surface area (TPSA) is 91.2 Å². The molecule has 0 bridgehead atoms. The molecule has 1 aliphatic carbocycles. The van der Waals surface area contributed by atoms with Gasteiger partial charge in [-0.1, -0.05) is 25.0 Å². The summed E-state index contributed by atoms with van der Waals surface area (Å²) in [6.45, 7) is 4.08. The highest BCUT2D eigenvalue weighted by atomic mass is 19.1. The number of carbonyl (C=O) groups excluding carboxylic acids is 1. The van der Waals surface area contributed by atoms with Crippen LogP contribution in [0.1, 0.15) is 57.6 Å². The Morgan fingerprint density at radius 1 is 1.31 bits per heavy atom. The van der Waals surface area contributed by atoms with Crippen molar-refractivity contribution in [1.82, 2.24) is 20.0 Å². The Labute approximate surface area is 169 Å². The maximum Gasteiger partial charge on any atom is 0.412 e. The molecule has 0 aromatic carbocycles. The molecular weight excluding hydrogens is 377 g/mol. The summed E-state index contributed by atoms with van der Waals surface area (Å²) >= 11 is 0. The Balaban J connectivity index is 1.80. The molecule has 158 valence electrons. The third-order valence-electron chi connectivity index (χ3n) is 4.97. The second kappa shape index (κ2) is 9.67. The number of nitrogens with one attached hydrogen (secondary N) is 1. The van der Waals surface area contributed by atoms with E-state index < -0.39 is 11.9 Å². The Kier molecular flexibility index (Phi) is 7.00. The normalized spacial score (nSPS) is 14.6. The van der Waals surface area contributed by atoms with Crippen molar-refractivity contribution in [2.45, 2.75) is 64.9 Å². The van der Waals surface area contributed by atoms with Gasteiger partial charge >= 0.3 is 6.09 Å². The Morgan fingerprint density at radius 2 is 2.07 bits per heavy atom. The molecule has 1 saturated carbocycles. The van der Waals surface area contributed by atoms with Gasteiger partial charge in [-0.3, -0.25) is 5.32 Å². The second-order valence-corrected chi connectivity index (χ2v) is 7.30. The molecule has 3 rings (SSSR count). The van der Waals surface area contributed by atoms with E-state index in [-0.39, 0.29) is 23.3 Å². The predicted octanol–water partition coefficient (Wildman–Crippen LogP) is 4.38. The van der Waals surface area contributed by atoms with Crippen molar-refractivity contribution in [3.63, 3.8) is 0 Å². The van der Waals surface area contributed by atoms with Crippen molar-refractivity contribution in [2.75, 3.05) is 11.9 Å². The van der Waals surface area contributed by atoms with Gasteiger partial charge in [-0.15, -0.1) is 5.10 Å². The van der Waals surface area contributed by atoms with Gasteiger partial charge in [0, 0.05) is 13.1 Å². The average molecular weight is 405 g/mol. The first-order valence-electron chi connectivity index (χ1n) is 10.2. The highest BCUT2D eigenvalue weighted by molar-refractivity contribution is 5.88. The van der Waals surface area contributed by atoms with E-state index in [0.717, 1.165) is 38.5 Å². The summed E-state index contributed by atoms with van der Waals surface area (Å²) in [7, 11) is 1.60. The molecule has 1 N–H and O–H groups in total. The summed E-state index contributed by atoms with van der Waals surface area (Å²) in [6.07, 6.45) is 6.55. The number of pyridine rings is 1. The van der Waals surface area contributed by atoms with E-state index in [2.05, 4.69) is 20.6 Å². The lowest BCUT2D eigenvalue weighted by molar-refractivity contribution is 0.152. The smallest absolute Gasteiger partial charge is 0.412 e. The van der Waals surface area contributed by atoms with Crippen LogP contribution in [-0.4, -0.2) is 38.8 Å². The number of hydrogen-bond acceptors (Lipinski definition) is 6. The fraction of sp³-hybridized carbons (Fsp3) is 0.600. The van der Waals surface area contributed by atoms with Gasteiger partial charge in [0.2, 0.25) is 0 Å². The van der Waals surface area contributed by atoms with Gasteiger partial charge in [0.1, 0.15) is 11.4 Å². The van der Waals surface area contributed by atoms with Crippen molar-refractivity contribution in [3.05, 3.63) is 17.6 Å². The lowest BCUT2D eigenvalue weighted by atomic mass is 9.98. The minimum absolute atomic E-state index is 0.00968.